The highest BCUT2D eigenvalue weighted by atomic mass is 16.4. The van der Waals surface area contributed by atoms with E-state index < -0.39 is 5.97 Å². The fourth-order valence-electron chi connectivity index (χ4n) is 1.79. The molecule has 2 rings (SSSR count). The number of aliphatic carboxylic acids is 1. The van der Waals surface area contributed by atoms with Gasteiger partial charge in [0.2, 0.25) is 0 Å². The summed E-state index contributed by atoms with van der Waals surface area (Å²) in [5.74, 6) is -0.915. The van der Waals surface area contributed by atoms with Crippen molar-refractivity contribution in [2.75, 3.05) is 0 Å². The maximum absolute atomic E-state index is 11.9. The minimum Gasteiger partial charge on any atom is -0.478 e. The van der Waals surface area contributed by atoms with Crippen LogP contribution in [0.25, 0.3) is 0 Å². The van der Waals surface area contributed by atoms with Crippen LogP contribution in [0, 0.1) is 0 Å². The lowest BCUT2D eigenvalue weighted by Crippen LogP contribution is -2.23. The SMILES string of the molecule is CC/C(=C/Cn1ccn(C2CC2)c1=O)C(=O)O. The minimum absolute atomic E-state index is 0.0513. The highest BCUT2D eigenvalue weighted by molar-refractivity contribution is 5.86. The van der Waals surface area contributed by atoms with Crippen LogP contribution in [-0.2, 0) is 11.3 Å². The van der Waals surface area contributed by atoms with Gasteiger partial charge in [0.15, 0.2) is 0 Å². The molecule has 5 heteroatoms. The molecule has 0 spiro atoms. The second-order valence-corrected chi connectivity index (χ2v) is 4.26. The molecule has 92 valence electrons. The maximum atomic E-state index is 11.9. The number of allylic oxidation sites excluding steroid dienone is 1. The summed E-state index contributed by atoms with van der Waals surface area (Å²) in [7, 11) is 0. The van der Waals surface area contributed by atoms with Gasteiger partial charge < -0.3 is 5.11 Å². The van der Waals surface area contributed by atoms with E-state index >= 15 is 0 Å². The Morgan fingerprint density at radius 2 is 2.24 bits per heavy atom. The van der Waals surface area contributed by atoms with Crippen molar-refractivity contribution in [3.05, 3.63) is 34.5 Å². The van der Waals surface area contributed by atoms with Crippen molar-refractivity contribution in [2.24, 2.45) is 0 Å². The molecule has 0 atom stereocenters. The van der Waals surface area contributed by atoms with E-state index in [-0.39, 0.29) is 5.69 Å². The zero-order chi connectivity index (χ0) is 12.4. The first-order valence-corrected chi connectivity index (χ1v) is 5.83. The Balaban J connectivity index is 2.13. The third-order valence-electron chi connectivity index (χ3n) is 3.00. The van der Waals surface area contributed by atoms with Crippen LogP contribution < -0.4 is 5.69 Å². The van der Waals surface area contributed by atoms with Gasteiger partial charge >= 0.3 is 11.7 Å². The van der Waals surface area contributed by atoms with Gasteiger partial charge in [-0.1, -0.05) is 13.0 Å². The second-order valence-electron chi connectivity index (χ2n) is 4.26. The van der Waals surface area contributed by atoms with Crippen LogP contribution in [0.5, 0.6) is 0 Å². The molecule has 1 aromatic rings. The van der Waals surface area contributed by atoms with Gasteiger partial charge in [-0.3, -0.25) is 9.13 Å². The zero-order valence-electron chi connectivity index (χ0n) is 9.80. The Labute approximate surface area is 99.0 Å². The Morgan fingerprint density at radius 1 is 1.53 bits per heavy atom. The van der Waals surface area contributed by atoms with E-state index in [1.165, 1.54) is 4.57 Å². The topological polar surface area (TPSA) is 64.2 Å². The van der Waals surface area contributed by atoms with E-state index in [1.807, 2.05) is 0 Å². The highest BCUT2D eigenvalue weighted by Crippen LogP contribution is 2.33. The minimum atomic E-state index is -0.915. The van der Waals surface area contributed by atoms with E-state index in [2.05, 4.69) is 0 Å². The molecular weight excluding hydrogens is 220 g/mol. The number of nitrogens with zero attached hydrogens (tertiary/aromatic N) is 2. The number of hydrogen-bond donors (Lipinski definition) is 1. The molecule has 0 bridgehead atoms. The summed E-state index contributed by atoms with van der Waals surface area (Å²) in [6.45, 7) is 2.12. The Hall–Kier alpha value is -1.78. The maximum Gasteiger partial charge on any atom is 0.331 e. The van der Waals surface area contributed by atoms with Crippen LogP contribution in [0.4, 0.5) is 0 Å². The van der Waals surface area contributed by atoms with Crippen LogP contribution >= 0.6 is 0 Å². The molecule has 0 aliphatic heterocycles. The van der Waals surface area contributed by atoms with Crippen LogP contribution in [0.3, 0.4) is 0 Å². The third-order valence-corrected chi connectivity index (χ3v) is 3.00. The van der Waals surface area contributed by atoms with Crippen molar-refractivity contribution >= 4 is 5.97 Å². The summed E-state index contributed by atoms with van der Waals surface area (Å²) in [4.78, 5) is 22.7. The smallest absolute Gasteiger partial charge is 0.331 e. The zero-order valence-corrected chi connectivity index (χ0v) is 9.80. The molecular formula is C12H16N2O3. The van der Waals surface area contributed by atoms with Gasteiger partial charge in [-0.15, -0.1) is 0 Å². The van der Waals surface area contributed by atoms with Crippen molar-refractivity contribution < 1.29 is 9.90 Å². The number of rotatable bonds is 5. The van der Waals surface area contributed by atoms with Crippen LogP contribution in [0.15, 0.2) is 28.8 Å². The summed E-state index contributed by atoms with van der Waals surface area (Å²) in [6, 6.07) is 0.359. The molecule has 0 amide bonds. The fourth-order valence-corrected chi connectivity index (χ4v) is 1.79. The molecule has 17 heavy (non-hydrogen) atoms. The summed E-state index contributed by atoms with van der Waals surface area (Å²) in [6.07, 6.45) is 7.69. The molecule has 1 aliphatic rings. The number of carbonyl (C=O) groups is 1. The van der Waals surface area contributed by atoms with E-state index in [9.17, 15) is 9.59 Å². The van der Waals surface area contributed by atoms with Gasteiger partial charge in [-0.25, -0.2) is 9.59 Å². The lowest BCUT2D eigenvalue weighted by molar-refractivity contribution is -0.132. The normalized spacial score (nSPS) is 16.2. The molecule has 1 aromatic heterocycles. The lowest BCUT2D eigenvalue weighted by Gasteiger charge is -1.99. The van der Waals surface area contributed by atoms with Crippen molar-refractivity contribution in [1.29, 1.82) is 0 Å². The molecule has 0 radical (unpaired) electrons. The van der Waals surface area contributed by atoms with Gasteiger partial charge in [-0.2, -0.15) is 0 Å². The first-order valence-electron chi connectivity index (χ1n) is 5.83. The van der Waals surface area contributed by atoms with Gasteiger partial charge in [0.05, 0.1) is 0 Å². The predicted octanol–water partition coefficient (Wildman–Crippen LogP) is 1.41. The Bertz CT molecular complexity index is 506. The number of carboxylic acids is 1. The van der Waals surface area contributed by atoms with Crippen molar-refractivity contribution in [2.45, 2.75) is 38.8 Å². The number of aromatic nitrogens is 2. The average molecular weight is 236 g/mol. The van der Waals surface area contributed by atoms with E-state index in [0.29, 0.717) is 24.6 Å². The number of carboxylic acid groups (broad SMARTS) is 1. The van der Waals surface area contributed by atoms with Crippen LogP contribution in [0.2, 0.25) is 0 Å². The molecule has 0 unspecified atom stereocenters. The summed E-state index contributed by atoms with van der Waals surface area (Å²) < 4.78 is 3.26. The molecule has 0 saturated heterocycles. The quantitative estimate of drug-likeness (QED) is 0.786. The Kier molecular flexibility index (Phi) is 3.17. The first-order chi connectivity index (χ1) is 8.13. The summed E-state index contributed by atoms with van der Waals surface area (Å²) >= 11 is 0. The molecule has 1 saturated carbocycles. The Morgan fingerprint density at radius 3 is 2.76 bits per heavy atom. The van der Waals surface area contributed by atoms with Gasteiger partial charge in [0.1, 0.15) is 0 Å². The molecule has 0 aromatic carbocycles. The van der Waals surface area contributed by atoms with Crippen LogP contribution in [0.1, 0.15) is 32.2 Å². The van der Waals surface area contributed by atoms with E-state index in [4.69, 9.17) is 5.11 Å². The summed E-state index contributed by atoms with van der Waals surface area (Å²) in [5, 5.41) is 8.86. The van der Waals surface area contributed by atoms with Crippen molar-refractivity contribution in [3.63, 3.8) is 0 Å². The second kappa shape index (κ2) is 4.61. The van der Waals surface area contributed by atoms with Gasteiger partial charge in [0, 0.05) is 30.6 Å². The predicted molar refractivity (Wildman–Crippen MR) is 63.0 cm³/mol. The number of hydrogen-bond acceptors (Lipinski definition) is 2. The summed E-state index contributed by atoms with van der Waals surface area (Å²) in [5.41, 5.74) is 0.292. The average Bonchev–Trinajstić information content (AvgIpc) is 3.06. The van der Waals surface area contributed by atoms with E-state index in [0.717, 1.165) is 12.8 Å². The fraction of sp³-hybridized carbons (Fsp3) is 0.500. The highest BCUT2D eigenvalue weighted by Gasteiger charge is 2.25. The molecule has 5 nitrogen and oxygen atoms in total. The molecule has 1 N–H and O–H groups in total. The standard InChI is InChI=1S/C12H16N2O3/c1-2-9(11(15)16)5-6-13-7-8-14(12(13)17)10-3-4-10/h5,7-8,10H,2-4,6H2,1H3,(H,15,16)/b9-5-. The van der Waals surface area contributed by atoms with E-state index in [1.54, 1.807) is 30.0 Å². The lowest BCUT2D eigenvalue weighted by atomic mass is 10.2. The van der Waals surface area contributed by atoms with Crippen molar-refractivity contribution in [1.82, 2.24) is 9.13 Å². The largest absolute Gasteiger partial charge is 0.478 e. The monoisotopic (exact) mass is 236 g/mol. The molecule has 1 aliphatic carbocycles. The molecule has 1 fully saturated rings. The molecule has 1 heterocycles. The first kappa shape index (κ1) is 11.7. The van der Waals surface area contributed by atoms with Crippen molar-refractivity contribution in [3.8, 4) is 0 Å². The van der Waals surface area contributed by atoms with Gasteiger partial charge in [-0.05, 0) is 19.3 Å². The van der Waals surface area contributed by atoms with Gasteiger partial charge in [0.25, 0.3) is 0 Å². The number of imidazole rings is 1. The van der Waals surface area contributed by atoms with Crippen LogP contribution in [-0.4, -0.2) is 20.2 Å². The third kappa shape index (κ3) is 2.49.